The summed E-state index contributed by atoms with van der Waals surface area (Å²) >= 11 is 0. The van der Waals surface area contributed by atoms with Crippen LogP contribution in [0, 0.1) is 5.82 Å². The number of halogens is 1. The number of hydrogen-bond donors (Lipinski definition) is 1. The number of carbonyl (C=O) groups is 2. The number of esters is 1. The number of rotatable bonds is 19. The first-order chi connectivity index (χ1) is 23.5. The van der Waals surface area contributed by atoms with Crippen LogP contribution in [0.1, 0.15) is 28.9 Å². The van der Waals surface area contributed by atoms with E-state index < -0.39 is 39.9 Å². The molecule has 0 radical (unpaired) electrons. The number of benzene rings is 2. The van der Waals surface area contributed by atoms with E-state index in [4.69, 9.17) is 37.6 Å². The summed E-state index contributed by atoms with van der Waals surface area (Å²) in [5.74, 6) is -1.34. The van der Waals surface area contributed by atoms with E-state index in [1.165, 1.54) is 31.3 Å². The minimum Gasteiger partial charge on any atom is -0.461 e. The van der Waals surface area contributed by atoms with E-state index in [-0.39, 0.29) is 49.9 Å². The van der Waals surface area contributed by atoms with E-state index >= 15 is 0 Å². The molecule has 0 fully saturated rings. The highest BCUT2D eigenvalue weighted by Gasteiger charge is 2.34. The predicted molar refractivity (Wildman–Crippen MR) is 177 cm³/mol. The number of methoxy groups -OCH3 is 1. The molecule has 1 amide bonds. The Morgan fingerprint density at radius 2 is 1.57 bits per heavy atom. The van der Waals surface area contributed by atoms with Crippen LogP contribution in [0.25, 0.3) is 22.3 Å². The number of furan rings is 1. The average molecular weight is 711 g/mol. The number of fused-ring (bicyclic) bond motifs is 2. The van der Waals surface area contributed by atoms with Gasteiger partial charge in [0.2, 0.25) is 10.0 Å². The number of sulfonamides is 1. The molecule has 0 spiro atoms. The van der Waals surface area contributed by atoms with Gasteiger partial charge in [-0.25, -0.2) is 17.6 Å². The molecule has 1 aromatic heterocycles. The minimum atomic E-state index is -3.85. The number of hydrogen-bond acceptors (Lipinski definition) is 12. The van der Waals surface area contributed by atoms with Crippen molar-refractivity contribution >= 4 is 38.6 Å². The lowest BCUT2D eigenvalue weighted by atomic mass is 10.0. The van der Waals surface area contributed by atoms with Crippen molar-refractivity contribution in [2.75, 3.05) is 97.3 Å². The van der Waals surface area contributed by atoms with E-state index in [9.17, 15) is 22.4 Å². The van der Waals surface area contributed by atoms with Crippen molar-refractivity contribution < 1.29 is 60.0 Å². The topological polar surface area (TPSA) is 161 Å². The van der Waals surface area contributed by atoms with Gasteiger partial charge in [-0.3, -0.25) is 9.10 Å². The molecule has 0 saturated carbocycles. The highest BCUT2D eigenvalue weighted by Crippen LogP contribution is 2.42. The van der Waals surface area contributed by atoms with Crippen LogP contribution in [0.2, 0.25) is 0 Å². The van der Waals surface area contributed by atoms with Gasteiger partial charge in [-0.2, -0.15) is 0 Å². The summed E-state index contributed by atoms with van der Waals surface area (Å²) in [6.45, 7) is 4.13. The Hall–Kier alpha value is -3.64. The first-order valence-electron chi connectivity index (χ1n) is 15.7. The highest BCUT2D eigenvalue weighted by atomic mass is 32.2. The van der Waals surface area contributed by atoms with Gasteiger partial charge in [0.05, 0.1) is 83.0 Å². The molecule has 0 saturated heterocycles. The van der Waals surface area contributed by atoms with Gasteiger partial charge in [0.15, 0.2) is 0 Å². The molecule has 0 bridgehead atoms. The van der Waals surface area contributed by atoms with Gasteiger partial charge in [-0.15, -0.1) is 0 Å². The number of amides is 1. The molecule has 1 aliphatic heterocycles. The quantitative estimate of drug-likeness (QED) is 0.143. The lowest BCUT2D eigenvalue weighted by Crippen LogP contribution is -2.39. The summed E-state index contributed by atoms with van der Waals surface area (Å²) in [5, 5.41) is 3.02. The van der Waals surface area contributed by atoms with Gasteiger partial charge in [-0.05, 0) is 37.3 Å². The van der Waals surface area contributed by atoms with Crippen molar-refractivity contribution in [1.29, 1.82) is 0 Å². The molecule has 0 unspecified atom stereocenters. The maximum Gasteiger partial charge on any atom is 0.332 e. The molecule has 2 atom stereocenters. The summed E-state index contributed by atoms with van der Waals surface area (Å²) in [5.41, 5.74) is 1.70. The lowest BCUT2D eigenvalue weighted by Gasteiger charge is -2.24. The van der Waals surface area contributed by atoms with Crippen molar-refractivity contribution in [1.82, 2.24) is 5.32 Å². The molecule has 0 aliphatic carbocycles. The smallest absolute Gasteiger partial charge is 0.332 e. The fourth-order valence-electron chi connectivity index (χ4n) is 5.12. The molecule has 1 aliphatic rings. The van der Waals surface area contributed by atoms with Crippen LogP contribution in [-0.2, 0) is 48.0 Å². The lowest BCUT2D eigenvalue weighted by molar-refractivity contribution is -0.154. The first kappa shape index (κ1) is 38.2. The number of anilines is 1. The van der Waals surface area contributed by atoms with Gasteiger partial charge in [0, 0.05) is 36.7 Å². The van der Waals surface area contributed by atoms with E-state index in [2.05, 4.69) is 5.32 Å². The van der Waals surface area contributed by atoms with Crippen LogP contribution < -0.4 is 9.62 Å². The Bertz CT molecular complexity index is 1650. The average Bonchev–Trinajstić information content (AvgIpc) is 3.38. The van der Waals surface area contributed by atoms with Gasteiger partial charge in [0.25, 0.3) is 5.91 Å². The first-order valence-corrected chi connectivity index (χ1v) is 17.6. The number of nitrogens with one attached hydrogen (secondary N) is 1. The fraction of sp³-hybridized carbons (Fsp3) is 0.515. The van der Waals surface area contributed by atoms with Gasteiger partial charge >= 0.3 is 5.97 Å². The summed E-state index contributed by atoms with van der Waals surface area (Å²) in [4.78, 5) is 25.4. The second-order valence-corrected chi connectivity index (χ2v) is 13.0. The monoisotopic (exact) mass is 710 g/mol. The summed E-state index contributed by atoms with van der Waals surface area (Å²) in [6, 6.07) is 8.69. The molecule has 14 nitrogen and oxygen atoms in total. The molecule has 3 aromatic rings. The Morgan fingerprint density at radius 3 is 2.16 bits per heavy atom. The van der Waals surface area contributed by atoms with Crippen LogP contribution in [-0.4, -0.2) is 119 Å². The van der Waals surface area contributed by atoms with Crippen LogP contribution in [0.3, 0.4) is 0 Å². The van der Waals surface area contributed by atoms with Crippen LogP contribution in [0.5, 0.6) is 0 Å². The van der Waals surface area contributed by atoms with Gasteiger partial charge in [0.1, 0.15) is 36.5 Å². The highest BCUT2D eigenvalue weighted by molar-refractivity contribution is 7.92. The van der Waals surface area contributed by atoms with E-state index in [0.29, 0.717) is 61.8 Å². The van der Waals surface area contributed by atoms with E-state index in [0.717, 1.165) is 10.6 Å². The Balaban J connectivity index is 1.35. The Labute approximate surface area is 284 Å². The summed E-state index contributed by atoms with van der Waals surface area (Å²) in [6.07, 6.45) is -0.436. The van der Waals surface area contributed by atoms with Crippen molar-refractivity contribution in [2.24, 2.45) is 0 Å². The maximum atomic E-state index is 13.6. The van der Waals surface area contributed by atoms with Crippen LogP contribution in [0.15, 0.2) is 40.8 Å². The number of nitrogens with zero attached hydrogens (tertiary/aromatic N) is 1. The predicted octanol–water partition coefficient (Wildman–Crippen LogP) is 3.08. The Kier molecular flexibility index (Phi) is 14.3. The molecule has 16 heteroatoms. The second-order valence-electron chi connectivity index (χ2n) is 11.1. The molecular formula is C33H43FN2O12S. The number of ether oxygens (including phenoxy) is 7. The summed E-state index contributed by atoms with van der Waals surface area (Å²) < 4.78 is 84.8. The molecule has 49 heavy (non-hydrogen) atoms. The third-order valence-corrected chi connectivity index (χ3v) is 8.62. The zero-order valence-electron chi connectivity index (χ0n) is 28.0. The molecule has 2 heterocycles. The van der Waals surface area contributed by atoms with E-state index in [1.807, 2.05) is 0 Å². The Morgan fingerprint density at radius 1 is 0.959 bits per heavy atom. The molecule has 270 valence electrons. The van der Waals surface area contributed by atoms with E-state index in [1.54, 1.807) is 26.2 Å². The van der Waals surface area contributed by atoms with Gasteiger partial charge in [-0.1, -0.05) is 0 Å². The molecule has 4 rings (SSSR count). The van der Waals surface area contributed by atoms with Crippen molar-refractivity contribution in [2.45, 2.75) is 19.1 Å². The normalized spacial score (nSPS) is 16.4. The third-order valence-electron chi connectivity index (χ3n) is 7.47. The van der Waals surface area contributed by atoms with Crippen LogP contribution in [0.4, 0.5) is 10.1 Å². The maximum absolute atomic E-state index is 13.6. The zero-order chi connectivity index (χ0) is 35.4. The molecule has 1 N–H and O–H groups in total. The molecular weight excluding hydrogens is 667 g/mol. The zero-order valence-corrected chi connectivity index (χ0v) is 28.8. The van der Waals surface area contributed by atoms with Crippen molar-refractivity contribution in [3.05, 3.63) is 53.3 Å². The largest absolute Gasteiger partial charge is 0.461 e. The fourth-order valence-corrected chi connectivity index (χ4v) is 6.08. The number of carbonyl (C=O) groups excluding carboxylic acids is 2. The standard InChI is InChI=1S/C33H43FN2O12S/c1-22-26-17-27-29(48-32(31(27)33(38)35-2)23-5-7-24(34)8-6-23)18-28(26)36(49(4,39)40)19-25(47-22)20-46-30(37)21-45-16-15-44-14-13-43-12-11-42-10-9-41-3/h5-8,17-18,22,25H,9-16,19-21H2,1-4H3,(H,35,38)/t22-,25-/m0/s1. The minimum absolute atomic E-state index is 0.154. The SMILES string of the molecule is CNC(=O)c1c(-c2ccc(F)cc2)oc2cc3c(cc12)[C@H](C)O[C@H](COC(=O)COCCOCCOCCOCCOC)CN3S(C)(=O)=O. The second kappa shape index (κ2) is 18.4. The van der Waals surface area contributed by atoms with Crippen LogP contribution >= 0.6 is 0 Å². The molecule has 2 aromatic carbocycles. The van der Waals surface area contributed by atoms with Crippen molar-refractivity contribution in [3.8, 4) is 11.3 Å². The summed E-state index contributed by atoms with van der Waals surface area (Å²) in [7, 11) is -0.771. The van der Waals surface area contributed by atoms with Gasteiger partial charge < -0.3 is 42.9 Å². The van der Waals surface area contributed by atoms with Crippen molar-refractivity contribution in [3.63, 3.8) is 0 Å². The third kappa shape index (κ3) is 10.7.